The molecular formula is C12H13BrN2O4. The first-order valence-corrected chi connectivity index (χ1v) is 6.63. The predicted octanol–water partition coefficient (Wildman–Crippen LogP) is 2.22. The molecule has 0 bridgehead atoms. The molecule has 1 amide bonds. The van der Waals surface area contributed by atoms with Crippen LogP contribution in [-0.4, -0.2) is 41.5 Å². The van der Waals surface area contributed by atoms with Crippen LogP contribution in [0.3, 0.4) is 0 Å². The number of nitro benzene ring substituents is 1. The second-order valence-electron chi connectivity index (χ2n) is 4.33. The van der Waals surface area contributed by atoms with E-state index in [9.17, 15) is 14.9 Å². The summed E-state index contributed by atoms with van der Waals surface area (Å²) in [7, 11) is 0. The molecule has 6 nitrogen and oxygen atoms in total. The summed E-state index contributed by atoms with van der Waals surface area (Å²) in [6, 6.07) is 4.46. The van der Waals surface area contributed by atoms with E-state index in [1.54, 1.807) is 11.0 Å². The maximum absolute atomic E-state index is 12.4. The number of carbonyl (C=O) groups excluding carboxylic acids is 1. The third-order valence-corrected chi connectivity index (χ3v) is 3.77. The number of hydrogen-bond donors (Lipinski definition) is 0. The van der Waals surface area contributed by atoms with Crippen molar-refractivity contribution in [2.75, 3.05) is 19.7 Å². The van der Waals surface area contributed by atoms with Crippen molar-refractivity contribution in [1.82, 2.24) is 4.90 Å². The highest BCUT2D eigenvalue weighted by Crippen LogP contribution is 2.29. The molecule has 1 atom stereocenters. The van der Waals surface area contributed by atoms with Crippen LogP contribution in [0.5, 0.6) is 0 Å². The van der Waals surface area contributed by atoms with Gasteiger partial charge in [-0.2, -0.15) is 0 Å². The molecule has 0 saturated carbocycles. The number of nitrogens with zero attached hydrogens (tertiary/aromatic N) is 2. The number of amides is 1. The summed E-state index contributed by atoms with van der Waals surface area (Å²) in [5, 5.41) is 10.9. The van der Waals surface area contributed by atoms with Gasteiger partial charge in [-0.25, -0.2) is 0 Å². The van der Waals surface area contributed by atoms with E-state index >= 15 is 0 Å². The molecule has 1 heterocycles. The molecule has 0 aliphatic carbocycles. The van der Waals surface area contributed by atoms with Crippen molar-refractivity contribution in [3.8, 4) is 0 Å². The number of ether oxygens (including phenoxy) is 1. The van der Waals surface area contributed by atoms with Crippen molar-refractivity contribution in [3.63, 3.8) is 0 Å². The zero-order valence-corrected chi connectivity index (χ0v) is 11.9. The van der Waals surface area contributed by atoms with E-state index < -0.39 is 4.92 Å². The fourth-order valence-corrected chi connectivity index (χ4v) is 2.58. The lowest BCUT2D eigenvalue weighted by molar-refractivity contribution is -0.385. The summed E-state index contributed by atoms with van der Waals surface area (Å²) in [4.78, 5) is 24.4. The quantitative estimate of drug-likeness (QED) is 0.616. The molecule has 1 aromatic rings. The Morgan fingerprint density at radius 1 is 1.58 bits per heavy atom. The highest BCUT2D eigenvalue weighted by Gasteiger charge is 2.26. The van der Waals surface area contributed by atoms with Gasteiger partial charge in [-0.15, -0.1) is 0 Å². The maximum Gasteiger partial charge on any atom is 0.284 e. The lowest BCUT2D eigenvalue weighted by Crippen LogP contribution is -2.44. The highest BCUT2D eigenvalue weighted by molar-refractivity contribution is 9.10. The third-order valence-electron chi connectivity index (χ3n) is 2.93. The number of carbonyl (C=O) groups is 1. The zero-order valence-electron chi connectivity index (χ0n) is 10.3. The fraction of sp³-hybridized carbons (Fsp3) is 0.417. The molecule has 1 unspecified atom stereocenters. The number of halogens is 1. The first-order chi connectivity index (χ1) is 9.00. The van der Waals surface area contributed by atoms with Crippen molar-refractivity contribution < 1.29 is 14.5 Å². The SMILES string of the molecule is CC1CN(C(=O)c2cccc([N+](=O)[O-])c2Br)CCO1. The van der Waals surface area contributed by atoms with Gasteiger partial charge in [-0.05, 0) is 28.9 Å². The fourth-order valence-electron chi connectivity index (χ4n) is 2.00. The van der Waals surface area contributed by atoms with Crippen LogP contribution in [0.2, 0.25) is 0 Å². The Bertz CT molecular complexity index is 520. The Labute approximate surface area is 118 Å². The van der Waals surface area contributed by atoms with Crippen LogP contribution < -0.4 is 0 Å². The van der Waals surface area contributed by atoms with Crippen LogP contribution in [0.1, 0.15) is 17.3 Å². The van der Waals surface area contributed by atoms with Crippen LogP contribution >= 0.6 is 15.9 Å². The Kier molecular flexibility index (Phi) is 4.16. The largest absolute Gasteiger partial charge is 0.375 e. The van der Waals surface area contributed by atoms with Crippen molar-refractivity contribution in [1.29, 1.82) is 0 Å². The Balaban J connectivity index is 2.28. The van der Waals surface area contributed by atoms with Crippen molar-refractivity contribution in [2.45, 2.75) is 13.0 Å². The zero-order chi connectivity index (χ0) is 14.0. The summed E-state index contributed by atoms with van der Waals surface area (Å²) < 4.78 is 5.60. The van der Waals surface area contributed by atoms with Crippen molar-refractivity contribution in [2.24, 2.45) is 0 Å². The predicted molar refractivity (Wildman–Crippen MR) is 72.1 cm³/mol. The molecule has 1 aliphatic rings. The third kappa shape index (κ3) is 2.93. The van der Waals surface area contributed by atoms with Gasteiger partial charge in [-0.3, -0.25) is 14.9 Å². The monoisotopic (exact) mass is 328 g/mol. The van der Waals surface area contributed by atoms with E-state index in [4.69, 9.17) is 4.74 Å². The molecule has 0 spiro atoms. The van der Waals surface area contributed by atoms with Crippen LogP contribution in [0, 0.1) is 10.1 Å². The second-order valence-corrected chi connectivity index (χ2v) is 5.12. The van der Waals surface area contributed by atoms with Gasteiger partial charge in [0, 0.05) is 19.2 Å². The van der Waals surface area contributed by atoms with Crippen molar-refractivity contribution >= 4 is 27.5 Å². The van der Waals surface area contributed by atoms with Crippen molar-refractivity contribution in [3.05, 3.63) is 38.3 Å². The van der Waals surface area contributed by atoms with Crippen LogP contribution in [0.15, 0.2) is 22.7 Å². The minimum absolute atomic E-state index is 0.0184. The lowest BCUT2D eigenvalue weighted by Gasteiger charge is -2.31. The molecule has 0 N–H and O–H groups in total. The maximum atomic E-state index is 12.4. The van der Waals surface area contributed by atoms with Crippen LogP contribution in [0.4, 0.5) is 5.69 Å². The van der Waals surface area contributed by atoms with E-state index in [1.807, 2.05) is 6.92 Å². The van der Waals surface area contributed by atoms with E-state index in [2.05, 4.69) is 15.9 Å². The molecular weight excluding hydrogens is 316 g/mol. The number of nitro groups is 1. The smallest absolute Gasteiger partial charge is 0.284 e. The number of benzene rings is 1. The van der Waals surface area contributed by atoms with Gasteiger partial charge in [0.05, 0.1) is 23.2 Å². The van der Waals surface area contributed by atoms with Gasteiger partial charge in [0.1, 0.15) is 4.47 Å². The number of morpholine rings is 1. The summed E-state index contributed by atoms with van der Waals surface area (Å²) in [6.07, 6.45) is -0.0184. The Hall–Kier alpha value is -1.47. The van der Waals surface area contributed by atoms with Crippen LogP contribution in [0.25, 0.3) is 0 Å². The van der Waals surface area contributed by atoms with E-state index in [0.29, 0.717) is 25.3 Å². The summed E-state index contributed by atoms with van der Waals surface area (Å²) in [5.41, 5.74) is 0.204. The van der Waals surface area contributed by atoms with Gasteiger partial charge < -0.3 is 9.64 Å². The second kappa shape index (κ2) is 5.66. The van der Waals surface area contributed by atoms with Gasteiger partial charge in [0.15, 0.2) is 0 Å². The van der Waals surface area contributed by atoms with Crippen LogP contribution in [-0.2, 0) is 4.74 Å². The van der Waals surface area contributed by atoms with E-state index in [1.165, 1.54) is 12.1 Å². The molecule has 0 aromatic heterocycles. The molecule has 1 saturated heterocycles. The van der Waals surface area contributed by atoms with Gasteiger partial charge in [0.2, 0.25) is 0 Å². The molecule has 7 heteroatoms. The first kappa shape index (κ1) is 14.0. The molecule has 1 fully saturated rings. The van der Waals surface area contributed by atoms with Gasteiger partial charge >= 0.3 is 0 Å². The Morgan fingerprint density at radius 3 is 2.95 bits per heavy atom. The molecule has 1 aliphatic heterocycles. The summed E-state index contributed by atoms with van der Waals surface area (Å²) >= 11 is 3.14. The minimum atomic E-state index is -0.511. The number of rotatable bonds is 2. The van der Waals surface area contributed by atoms with E-state index in [-0.39, 0.29) is 22.2 Å². The molecule has 0 radical (unpaired) electrons. The normalized spacial score (nSPS) is 19.3. The minimum Gasteiger partial charge on any atom is -0.375 e. The summed E-state index contributed by atoms with van der Waals surface area (Å²) in [5.74, 6) is -0.217. The average Bonchev–Trinajstić information content (AvgIpc) is 2.38. The Morgan fingerprint density at radius 2 is 2.32 bits per heavy atom. The number of hydrogen-bond acceptors (Lipinski definition) is 4. The van der Waals surface area contributed by atoms with Gasteiger partial charge in [0.25, 0.3) is 11.6 Å². The summed E-state index contributed by atoms with van der Waals surface area (Å²) in [6.45, 7) is 3.37. The average molecular weight is 329 g/mol. The molecule has 102 valence electrons. The first-order valence-electron chi connectivity index (χ1n) is 5.84. The topological polar surface area (TPSA) is 72.7 Å². The van der Waals surface area contributed by atoms with Gasteiger partial charge in [-0.1, -0.05) is 6.07 Å². The standard InChI is InChI=1S/C12H13BrN2O4/c1-8-7-14(5-6-19-8)12(16)9-3-2-4-10(11(9)13)15(17)18/h2-4,8H,5-7H2,1H3. The lowest BCUT2D eigenvalue weighted by atomic mass is 10.1. The molecule has 2 rings (SSSR count). The highest BCUT2D eigenvalue weighted by atomic mass is 79.9. The molecule has 19 heavy (non-hydrogen) atoms. The van der Waals surface area contributed by atoms with E-state index in [0.717, 1.165) is 0 Å². The molecule has 1 aromatic carbocycles.